The van der Waals surface area contributed by atoms with Crippen molar-refractivity contribution in [2.24, 2.45) is 0 Å². The van der Waals surface area contributed by atoms with E-state index in [1.807, 2.05) is 31.2 Å². The fourth-order valence-electron chi connectivity index (χ4n) is 1.74. The van der Waals surface area contributed by atoms with Gasteiger partial charge >= 0.3 is 5.97 Å². The van der Waals surface area contributed by atoms with Crippen LogP contribution in [0.15, 0.2) is 30.5 Å². The first-order chi connectivity index (χ1) is 7.59. The molecule has 1 atom stereocenters. The first-order valence-electron chi connectivity index (χ1n) is 5.17. The normalized spacial score (nSPS) is 12.6. The maximum Gasteiger partial charge on any atom is 0.310 e. The number of nitrogens with zero attached hydrogens (tertiary/aromatic N) is 1. The van der Waals surface area contributed by atoms with Gasteiger partial charge in [-0.3, -0.25) is 9.78 Å². The SMILES string of the molecule is Cc1nccc2ccc(C(C)C(=O)O)cc12. The summed E-state index contributed by atoms with van der Waals surface area (Å²) in [6.07, 6.45) is 1.76. The fraction of sp³-hybridized carbons (Fsp3) is 0.231. The topological polar surface area (TPSA) is 50.2 Å². The van der Waals surface area contributed by atoms with Crippen LogP contribution in [-0.2, 0) is 4.79 Å². The van der Waals surface area contributed by atoms with Crippen LogP contribution in [0.2, 0.25) is 0 Å². The Hall–Kier alpha value is -1.90. The van der Waals surface area contributed by atoms with E-state index in [1.54, 1.807) is 13.1 Å². The van der Waals surface area contributed by atoms with Crippen LogP contribution >= 0.6 is 0 Å². The van der Waals surface area contributed by atoms with Gasteiger partial charge in [0.15, 0.2) is 0 Å². The standard InChI is InChI=1S/C13H13NO2/c1-8(13(15)16)11-4-3-10-5-6-14-9(2)12(10)7-11/h3-8H,1-2H3,(H,15,16). The molecule has 0 saturated heterocycles. The Morgan fingerprint density at radius 1 is 1.38 bits per heavy atom. The second kappa shape index (κ2) is 3.93. The number of aliphatic carboxylic acids is 1. The van der Waals surface area contributed by atoms with Crippen molar-refractivity contribution in [1.29, 1.82) is 0 Å². The van der Waals surface area contributed by atoms with Crippen LogP contribution in [0.25, 0.3) is 10.8 Å². The van der Waals surface area contributed by atoms with Crippen LogP contribution in [0.4, 0.5) is 0 Å². The van der Waals surface area contributed by atoms with Crippen LogP contribution in [0.3, 0.4) is 0 Å². The molecule has 1 aromatic carbocycles. The maximum atomic E-state index is 10.9. The Labute approximate surface area is 93.7 Å². The summed E-state index contributed by atoms with van der Waals surface area (Å²) < 4.78 is 0. The third-order valence-electron chi connectivity index (χ3n) is 2.86. The molecule has 3 heteroatoms. The van der Waals surface area contributed by atoms with Crippen LogP contribution < -0.4 is 0 Å². The van der Waals surface area contributed by atoms with Gasteiger partial charge in [-0.05, 0) is 36.9 Å². The third kappa shape index (κ3) is 1.76. The van der Waals surface area contributed by atoms with Gasteiger partial charge < -0.3 is 5.11 Å². The molecule has 0 fully saturated rings. The quantitative estimate of drug-likeness (QED) is 0.838. The number of fused-ring (bicyclic) bond motifs is 1. The van der Waals surface area contributed by atoms with Gasteiger partial charge in [0.2, 0.25) is 0 Å². The highest BCUT2D eigenvalue weighted by atomic mass is 16.4. The molecule has 0 bridgehead atoms. The molecule has 2 aromatic rings. The summed E-state index contributed by atoms with van der Waals surface area (Å²) in [6, 6.07) is 7.65. The number of benzene rings is 1. The fourth-order valence-corrected chi connectivity index (χ4v) is 1.74. The Bertz CT molecular complexity index is 549. The number of hydrogen-bond donors (Lipinski definition) is 1. The van der Waals surface area contributed by atoms with Crippen molar-refractivity contribution in [3.63, 3.8) is 0 Å². The molecule has 1 unspecified atom stereocenters. The van der Waals surface area contributed by atoms with Crippen LogP contribution in [0.1, 0.15) is 24.1 Å². The highest BCUT2D eigenvalue weighted by molar-refractivity contribution is 5.86. The van der Waals surface area contributed by atoms with Crippen molar-refractivity contribution in [3.05, 3.63) is 41.7 Å². The lowest BCUT2D eigenvalue weighted by Crippen LogP contribution is -2.07. The van der Waals surface area contributed by atoms with E-state index in [9.17, 15) is 4.79 Å². The highest BCUT2D eigenvalue weighted by Gasteiger charge is 2.14. The van der Waals surface area contributed by atoms with Gasteiger partial charge in [0.05, 0.1) is 5.92 Å². The van der Waals surface area contributed by atoms with E-state index in [0.717, 1.165) is 22.0 Å². The van der Waals surface area contributed by atoms with Crippen molar-refractivity contribution in [3.8, 4) is 0 Å². The first-order valence-corrected chi connectivity index (χ1v) is 5.17. The van der Waals surface area contributed by atoms with Crippen molar-refractivity contribution in [1.82, 2.24) is 4.98 Å². The molecule has 82 valence electrons. The number of pyridine rings is 1. The summed E-state index contributed by atoms with van der Waals surface area (Å²) in [7, 11) is 0. The molecule has 0 saturated carbocycles. The predicted molar refractivity (Wildman–Crippen MR) is 62.5 cm³/mol. The third-order valence-corrected chi connectivity index (χ3v) is 2.86. The molecule has 0 aliphatic rings. The predicted octanol–water partition coefficient (Wildman–Crippen LogP) is 2.73. The molecule has 0 radical (unpaired) electrons. The lowest BCUT2D eigenvalue weighted by atomic mass is 9.98. The molecular weight excluding hydrogens is 202 g/mol. The number of carboxylic acid groups (broad SMARTS) is 1. The van der Waals surface area contributed by atoms with E-state index >= 15 is 0 Å². The Balaban J connectivity index is 2.59. The van der Waals surface area contributed by atoms with Crippen LogP contribution in [0, 0.1) is 6.92 Å². The Morgan fingerprint density at radius 3 is 2.81 bits per heavy atom. The summed E-state index contributed by atoms with van der Waals surface area (Å²) in [5.74, 6) is -1.29. The lowest BCUT2D eigenvalue weighted by Gasteiger charge is -2.08. The Kier molecular flexibility index (Phi) is 2.60. The van der Waals surface area contributed by atoms with E-state index in [1.165, 1.54) is 0 Å². The minimum absolute atomic E-state index is 0.482. The molecule has 16 heavy (non-hydrogen) atoms. The molecule has 3 nitrogen and oxygen atoms in total. The van der Waals surface area contributed by atoms with Crippen molar-refractivity contribution < 1.29 is 9.90 Å². The number of aromatic nitrogens is 1. The smallest absolute Gasteiger partial charge is 0.310 e. The maximum absolute atomic E-state index is 10.9. The zero-order chi connectivity index (χ0) is 11.7. The molecule has 0 aliphatic heterocycles. The van der Waals surface area contributed by atoms with Crippen molar-refractivity contribution in [2.45, 2.75) is 19.8 Å². The molecule has 2 rings (SSSR count). The Morgan fingerprint density at radius 2 is 2.12 bits per heavy atom. The van der Waals surface area contributed by atoms with Gasteiger partial charge in [-0.25, -0.2) is 0 Å². The van der Waals surface area contributed by atoms with Crippen LogP contribution in [0.5, 0.6) is 0 Å². The molecule has 0 amide bonds. The monoisotopic (exact) mass is 215 g/mol. The molecule has 0 spiro atoms. The number of rotatable bonds is 2. The average molecular weight is 215 g/mol. The number of aryl methyl sites for hydroxylation is 1. The number of carboxylic acids is 1. The molecule has 1 N–H and O–H groups in total. The van der Waals surface area contributed by atoms with Gasteiger partial charge in [0.1, 0.15) is 0 Å². The summed E-state index contributed by atoms with van der Waals surface area (Å²) in [4.78, 5) is 15.1. The molecule has 0 aliphatic carbocycles. The van der Waals surface area contributed by atoms with Gasteiger partial charge in [-0.15, -0.1) is 0 Å². The zero-order valence-corrected chi connectivity index (χ0v) is 9.27. The van der Waals surface area contributed by atoms with Gasteiger partial charge in [0, 0.05) is 17.3 Å². The molecule has 1 heterocycles. The van der Waals surface area contributed by atoms with Gasteiger partial charge in [-0.1, -0.05) is 12.1 Å². The molecular formula is C13H13NO2. The van der Waals surface area contributed by atoms with E-state index < -0.39 is 11.9 Å². The van der Waals surface area contributed by atoms with Gasteiger partial charge in [0.25, 0.3) is 0 Å². The summed E-state index contributed by atoms with van der Waals surface area (Å²) in [5.41, 5.74) is 1.74. The summed E-state index contributed by atoms with van der Waals surface area (Å²) >= 11 is 0. The van der Waals surface area contributed by atoms with Crippen LogP contribution in [-0.4, -0.2) is 16.1 Å². The number of hydrogen-bond acceptors (Lipinski definition) is 2. The minimum Gasteiger partial charge on any atom is -0.481 e. The minimum atomic E-state index is -0.805. The van der Waals surface area contributed by atoms with E-state index in [-0.39, 0.29) is 0 Å². The van der Waals surface area contributed by atoms with E-state index in [0.29, 0.717) is 0 Å². The highest BCUT2D eigenvalue weighted by Crippen LogP contribution is 2.23. The average Bonchev–Trinajstić information content (AvgIpc) is 2.28. The molecule has 1 aromatic heterocycles. The first kappa shape index (κ1) is 10.6. The van der Waals surface area contributed by atoms with E-state index in [4.69, 9.17) is 5.11 Å². The van der Waals surface area contributed by atoms with Crippen molar-refractivity contribution >= 4 is 16.7 Å². The van der Waals surface area contributed by atoms with Crippen molar-refractivity contribution in [2.75, 3.05) is 0 Å². The van der Waals surface area contributed by atoms with Gasteiger partial charge in [-0.2, -0.15) is 0 Å². The second-order valence-electron chi connectivity index (χ2n) is 3.94. The second-order valence-corrected chi connectivity index (χ2v) is 3.94. The number of carbonyl (C=O) groups is 1. The lowest BCUT2D eigenvalue weighted by molar-refractivity contribution is -0.138. The van der Waals surface area contributed by atoms with E-state index in [2.05, 4.69) is 4.98 Å². The zero-order valence-electron chi connectivity index (χ0n) is 9.27. The summed E-state index contributed by atoms with van der Waals surface area (Å²) in [6.45, 7) is 3.62. The summed E-state index contributed by atoms with van der Waals surface area (Å²) in [5, 5.41) is 11.1. The largest absolute Gasteiger partial charge is 0.481 e.